The molecule has 8 nitrogen and oxygen atoms in total. The maximum Gasteiger partial charge on any atom is 0.351 e. The minimum atomic E-state index is -2.72. The first-order valence-corrected chi connectivity index (χ1v) is 8.19. The number of hydrogen-bond donors (Lipinski definition) is 3. The van der Waals surface area contributed by atoms with E-state index in [0.29, 0.717) is 0 Å². The first kappa shape index (κ1) is 15.5. The Morgan fingerprint density at radius 2 is 2.40 bits per heavy atom. The lowest BCUT2D eigenvalue weighted by atomic mass is 10.1. The standard InChI is InChI=1S/C9H13FN3O5PS/c10-6-7(18-19(16)20)4(3-14)17-8(6)13-2-1-5(11)12-9(13)15/h1-2,4,6-8,14,19H,3H2,(H,16,20)(H2,11,12,15). The molecule has 1 aromatic rings. The highest BCUT2D eigenvalue weighted by Gasteiger charge is 2.47. The summed E-state index contributed by atoms with van der Waals surface area (Å²) in [7, 11) is -2.72. The topological polar surface area (TPSA) is 117 Å². The Hall–Kier alpha value is -0.930. The second-order valence-corrected chi connectivity index (χ2v) is 5.95. The molecule has 1 saturated heterocycles. The molecule has 0 aliphatic carbocycles. The highest BCUT2D eigenvalue weighted by Crippen LogP contribution is 2.39. The van der Waals surface area contributed by atoms with Crippen molar-refractivity contribution in [3.8, 4) is 0 Å². The second kappa shape index (κ2) is 6.23. The van der Waals surface area contributed by atoms with Crippen molar-refractivity contribution in [1.29, 1.82) is 0 Å². The molecule has 20 heavy (non-hydrogen) atoms. The van der Waals surface area contributed by atoms with Gasteiger partial charge in [0.1, 0.15) is 18.0 Å². The van der Waals surface area contributed by atoms with E-state index in [4.69, 9.17) is 20.1 Å². The predicted molar refractivity (Wildman–Crippen MR) is 71.7 cm³/mol. The summed E-state index contributed by atoms with van der Waals surface area (Å²) in [5, 5.41) is 9.13. The van der Waals surface area contributed by atoms with Gasteiger partial charge in [-0.1, -0.05) is 12.2 Å². The Balaban J connectivity index is 2.29. The lowest BCUT2D eigenvalue weighted by molar-refractivity contribution is -0.0462. The van der Waals surface area contributed by atoms with E-state index in [0.717, 1.165) is 4.57 Å². The van der Waals surface area contributed by atoms with Crippen LogP contribution in [0.3, 0.4) is 0 Å². The summed E-state index contributed by atoms with van der Waals surface area (Å²) >= 11 is 3.57. The van der Waals surface area contributed by atoms with Crippen LogP contribution in [-0.4, -0.2) is 39.6 Å². The van der Waals surface area contributed by atoms with Crippen molar-refractivity contribution in [1.82, 2.24) is 9.55 Å². The van der Waals surface area contributed by atoms with E-state index in [1.807, 2.05) is 0 Å². The smallest absolute Gasteiger partial charge is 0.351 e. The lowest BCUT2D eigenvalue weighted by Gasteiger charge is -2.16. The molecule has 5 atom stereocenters. The molecular weight excluding hydrogens is 312 g/mol. The number of alkyl halides is 1. The van der Waals surface area contributed by atoms with Crippen LogP contribution in [0.25, 0.3) is 0 Å². The summed E-state index contributed by atoms with van der Waals surface area (Å²) in [6.07, 6.45) is -4.26. The highest BCUT2D eigenvalue weighted by molar-refractivity contribution is 8.39. The van der Waals surface area contributed by atoms with Crippen molar-refractivity contribution >= 4 is 25.3 Å². The molecule has 0 saturated carbocycles. The van der Waals surface area contributed by atoms with Crippen LogP contribution in [0, 0.1) is 0 Å². The number of rotatable bonds is 4. The number of aromatic nitrogens is 2. The number of nitrogen functional groups attached to an aromatic ring is 1. The zero-order valence-corrected chi connectivity index (χ0v) is 11.9. The van der Waals surface area contributed by atoms with Crippen molar-refractivity contribution in [3.05, 3.63) is 22.7 Å². The van der Waals surface area contributed by atoms with Crippen LogP contribution in [0.4, 0.5) is 10.2 Å². The van der Waals surface area contributed by atoms with Crippen molar-refractivity contribution in [2.24, 2.45) is 0 Å². The summed E-state index contributed by atoms with van der Waals surface area (Å²) in [6, 6.07) is 1.31. The molecular formula is C9H13FN3O5PS. The molecule has 2 rings (SSSR count). The number of thiol groups is 1. The van der Waals surface area contributed by atoms with Gasteiger partial charge in [0.2, 0.25) is 7.23 Å². The van der Waals surface area contributed by atoms with E-state index in [2.05, 4.69) is 17.2 Å². The molecule has 0 aromatic carbocycles. The summed E-state index contributed by atoms with van der Waals surface area (Å²) in [4.78, 5) is 15.1. The molecule has 11 heteroatoms. The van der Waals surface area contributed by atoms with Gasteiger partial charge in [0.15, 0.2) is 12.4 Å². The Bertz CT molecular complexity index is 573. The highest BCUT2D eigenvalue weighted by atomic mass is 32.7. The molecule has 0 amide bonds. The normalized spacial score (nSPS) is 31.4. The third kappa shape index (κ3) is 3.04. The van der Waals surface area contributed by atoms with Crippen molar-refractivity contribution in [2.75, 3.05) is 12.3 Å². The fourth-order valence-electron chi connectivity index (χ4n) is 1.94. The summed E-state index contributed by atoms with van der Waals surface area (Å²) in [6.45, 7) is -0.554. The average molecular weight is 325 g/mol. The third-order valence-corrected chi connectivity index (χ3v) is 3.60. The van der Waals surface area contributed by atoms with Gasteiger partial charge in [0.25, 0.3) is 0 Å². The molecule has 2 heterocycles. The van der Waals surface area contributed by atoms with E-state index in [1.54, 1.807) is 0 Å². The largest absolute Gasteiger partial charge is 0.394 e. The van der Waals surface area contributed by atoms with Crippen LogP contribution in [-0.2, 0) is 13.8 Å². The molecule has 3 N–H and O–H groups in total. The Kier molecular flexibility index (Phi) is 4.82. The number of anilines is 1. The van der Waals surface area contributed by atoms with Crippen molar-refractivity contribution < 1.29 is 23.3 Å². The molecule has 0 spiro atoms. The number of halogens is 1. The van der Waals surface area contributed by atoms with E-state index >= 15 is 0 Å². The van der Waals surface area contributed by atoms with E-state index in [-0.39, 0.29) is 5.82 Å². The molecule has 112 valence electrons. The van der Waals surface area contributed by atoms with Crippen LogP contribution in [0.1, 0.15) is 6.23 Å². The maximum absolute atomic E-state index is 14.3. The lowest BCUT2D eigenvalue weighted by Crippen LogP contribution is -2.34. The summed E-state index contributed by atoms with van der Waals surface area (Å²) < 4.78 is 36.2. The molecule has 1 aliphatic heterocycles. The second-order valence-electron chi connectivity index (χ2n) is 4.08. The first-order chi connectivity index (χ1) is 9.43. The molecule has 5 unspecified atom stereocenters. The number of nitrogens with zero attached hydrogens (tertiary/aromatic N) is 2. The SMILES string of the molecule is Nc1ccn(C2OC(CO)C(O[PH](=O)S)C2F)c(=O)n1. The molecule has 1 fully saturated rings. The minimum Gasteiger partial charge on any atom is -0.394 e. The van der Waals surface area contributed by atoms with Crippen LogP contribution >= 0.6 is 19.5 Å². The monoisotopic (exact) mass is 325 g/mol. The van der Waals surface area contributed by atoms with E-state index < -0.39 is 44.1 Å². The quantitative estimate of drug-likeness (QED) is 0.516. The minimum absolute atomic E-state index is 0.00780. The number of hydrogen-bond acceptors (Lipinski definition) is 7. The van der Waals surface area contributed by atoms with Gasteiger partial charge in [-0.2, -0.15) is 4.98 Å². The van der Waals surface area contributed by atoms with E-state index in [9.17, 15) is 13.8 Å². The molecule has 1 aliphatic rings. The van der Waals surface area contributed by atoms with Gasteiger partial charge in [-0.3, -0.25) is 9.13 Å². The van der Waals surface area contributed by atoms with Crippen LogP contribution in [0.15, 0.2) is 17.1 Å². The zero-order valence-electron chi connectivity index (χ0n) is 10.0. The third-order valence-electron chi connectivity index (χ3n) is 2.81. The van der Waals surface area contributed by atoms with Crippen LogP contribution < -0.4 is 11.4 Å². The zero-order chi connectivity index (χ0) is 14.9. The van der Waals surface area contributed by atoms with Gasteiger partial charge in [-0.25, -0.2) is 9.18 Å². The number of ether oxygens (including phenoxy) is 1. The average Bonchev–Trinajstić information content (AvgIpc) is 2.67. The molecule has 1 aromatic heterocycles. The number of aliphatic hydroxyl groups excluding tert-OH is 1. The Morgan fingerprint density at radius 3 is 2.95 bits per heavy atom. The fourth-order valence-corrected chi connectivity index (χ4v) is 2.82. The van der Waals surface area contributed by atoms with Gasteiger partial charge in [0.05, 0.1) is 6.61 Å². The van der Waals surface area contributed by atoms with Crippen molar-refractivity contribution in [3.63, 3.8) is 0 Å². The van der Waals surface area contributed by atoms with Gasteiger partial charge < -0.3 is 20.1 Å². The predicted octanol–water partition coefficient (Wildman–Crippen LogP) is -0.242. The van der Waals surface area contributed by atoms with Gasteiger partial charge in [-0.05, 0) is 6.07 Å². The summed E-state index contributed by atoms with van der Waals surface area (Å²) in [5.41, 5.74) is 4.54. The molecule has 0 bridgehead atoms. The van der Waals surface area contributed by atoms with E-state index in [1.165, 1.54) is 12.3 Å². The van der Waals surface area contributed by atoms with Gasteiger partial charge in [-0.15, -0.1) is 0 Å². The number of nitrogens with two attached hydrogens (primary N) is 1. The van der Waals surface area contributed by atoms with Gasteiger partial charge in [0, 0.05) is 6.20 Å². The Morgan fingerprint density at radius 1 is 1.70 bits per heavy atom. The number of aliphatic hydroxyl groups is 1. The summed E-state index contributed by atoms with van der Waals surface area (Å²) in [5.74, 6) is -0.00780. The molecule has 0 radical (unpaired) electrons. The maximum atomic E-state index is 14.3. The van der Waals surface area contributed by atoms with Crippen LogP contribution in [0.5, 0.6) is 0 Å². The van der Waals surface area contributed by atoms with Crippen molar-refractivity contribution in [2.45, 2.75) is 24.6 Å². The van der Waals surface area contributed by atoms with Gasteiger partial charge >= 0.3 is 5.69 Å². The fraction of sp³-hybridized carbons (Fsp3) is 0.556. The van der Waals surface area contributed by atoms with Crippen LogP contribution in [0.2, 0.25) is 0 Å². The first-order valence-electron chi connectivity index (χ1n) is 5.58. The Labute approximate surface area is 118 Å².